The van der Waals surface area contributed by atoms with Crippen molar-refractivity contribution in [1.29, 1.82) is 5.26 Å². The number of carbonyl (C=O) groups is 1. The van der Waals surface area contributed by atoms with Crippen molar-refractivity contribution < 1.29 is 13.9 Å². The van der Waals surface area contributed by atoms with Crippen molar-refractivity contribution in [3.8, 4) is 17.3 Å². The van der Waals surface area contributed by atoms with E-state index in [9.17, 15) is 19.2 Å². The maximum Gasteiger partial charge on any atom is 0.272 e. The summed E-state index contributed by atoms with van der Waals surface area (Å²) in [4.78, 5) is 33.5. The lowest BCUT2D eigenvalue weighted by Gasteiger charge is -2.25. The lowest BCUT2D eigenvalue weighted by Crippen LogP contribution is -2.33. The van der Waals surface area contributed by atoms with Crippen LogP contribution in [0, 0.1) is 23.1 Å². The van der Waals surface area contributed by atoms with Crippen LogP contribution in [-0.4, -0.2) is 39.8 Å². The zero-order valence-corrected chi connectivity index (χ0v) is 18.9. The van der Waals surface area contributed by atoms with Crippen LogP contribution >= 0.6 is 11.8 Å². The van der Waals surface area contributed by atoms with Crippen LogP contribution in [0.4, 0.5) is 4.39 Å². The number of rotatable bonds is 6. The molecule has 0 aromatic carbocycles. The molecule has 1 atom stereocenters. The van der Waals surface area contributed by atoms with Crippen molar-refractivity contribution in [3.63, 3.8) is 0 Å². The minimum atomic E-state index is -0.498. The highest BCUT2D eigenvalue weighted by Gasteiger charge is 2.27. The highest BCUT2D eigenvalue weighted by molar-refractivity contribution is 7.99. The van der Waals surface area contributed by atoms with Gasteiger partial charge >= 0.3 is 0 Å². The molecule has 1 aliphatic rings. The fraction of sp³-hybridized carbons (Fsp3) is 0.500. The van der Waals surface area contributed by atoms with E-state index in [1.54, 1.807) is 0 Å². The van der Waals surface area contributed by atoms with Crippen molar-refractivity contribution in [2.24, 2.45) is 5.92 Å². The molecule has 0 bridgehead atoms. The summed E-state index contributed by atoms with van der Waals surface area (Å²) in [5.74, 6) is 0.334. The Bertz CT molecular complexity index is 1100. The molecule has 0 radical (unpaired) electrons. The van der Waals surface area contributed by atoms with Crippen molar-refractivity contribution in [1.82, 2.24) is 14.5 Å². The molecule has 3 rings (SSSR count). The summed E-state index contributed by atoms with van der Waals surface area (Å²) in [6.07, 6.45) is 2.47. The van der Waals surface area contributed by atoms with Gasteiger partial charge in [0.25, 0.3) is 5.56 Å². The van der Waals surface area contributed by atoms with Crippen LogP contribution in [0.25, 0.3) is 11.3 Å². The summed E-state index contributed by atoms with van der Waals surface area (Å²) in [6, 6.07) is 3.22. The number of nitriles is 1. The topological polar surface area (TPSA) is 97.9 Å². The van der Waals surface area contributed by atoms with Crippen molar-refractivity contribution in [2.75, 3.05) is 19.5 Å². The third-order valence-corrected chi connectivity index (χ3v) is 6.30. The maximum atomic E-state index is 14.7. The molecule has 0 spiro atoms. The minimum Gasteiger partial charge on any atom is -0.377 e. The number of aromatic nitrogens is 3. The van der Waals surface area contributed by atoms with Crippen molar-refractivity contribution >= 4 is 17.5 Å². The average molecular weight is 445 g/mol. The third-order valence-electron chi connectivity index (χ3n) is 5.10. The van der Waals surface area contributed by atoms with Gasteiger partial charge in [-0.25, -0.2) is 9.37 Å². The smallest absolute Gasteiger partial charge is 0.272 e. The van der Waals surface area contributed by atoms with Crippen LogP contribution < -0.4 is 5.56 Å². The maximum absolute atomic E-state index is 14.7. The van der Waals surface area contributed by atoms with Gasteiger partial charge < -0.3 is 4.74 Å². The summed E-state index contributed by atoms with van der Waals surface area (Å²) in [5, 5.41) is 10.1. The number of nitrogens with zero attached hydrogens (tertiary/aromatic N) is 4. The Morgan fingerprint density at radius 1 is 1.45 bits per heavy atom. The molecule has 9 heteroatoms. The number of Topliss-reactive ketones (excluding diaryl/α,β-unsaturated/α-hetero) is 1. The fourth-order valence-electron chi connectivity index (χ4n) is 3.51. The van der Waals surface area contributed by atoms with Crippen LogP contribution in [0.1, 0.15) is 44.9 Å². The van der Waals surface area contributed by atoms with E-state index in [0.29, 0.717) is 41.6 Å². The van der Waals surface area contributed by atoms with Gasteiger partial charge in [0.1, 0.15) is 24.1 Å². The Balaban J connectivity index is 1.93. The van der Waals surface area contributed by atoms with Gasteiger partial charge in [0.05, 0.1) is 11.4 Å². The normalized spacial score (nSPS) is 15.9. The molecule has 0 saturated carbocycles. The lowest BCUT2D eigenvalue weighted by molar-refractivity contribution is -0.122. The molecule has 0 saturated heterocycles. The summed E-state index contributed by atoms with van der Waals surface area (Å²) in [7, 11) is 1.48. The van der Waals surface area contributed by atoms with E-state index in [1.165, 1.54) is 35.7 Å². The van der Waals surface area contributed by atoms with Gasteiger partial charge in [-0.3, -0.25) is 19.1 Å². The third kappa shape index (κ3) is 5.02. The zero-order valence-electron chi connectivity index (χ0n) is 18.1. The number of carbonyl (C=O) groups excluding carboxylic acids is 1. The number of thioether (sulfide) groups is 1. The van der Waals surface area contributed by atoms with E-state index >= 15 is 0 Å². The molecule has 1 aliphatic heterocycles. The fourth-order valence-corrected chi connectivity index (χ4v) is 4.64. The highest BCUT2D eigenvalue weighted by Crippen LogP contribution is 2.32. The number of halogens is 1. The Hall–Kier alpha value is -2.57. The van der Waals surface area contributed by atoms with E-state index in [-0.39, 0.29) is 29.6 Å². The first kappa shape index (κ1) is 23.1. The van der Waals surface area contributed by atoms with Crippen molar-refractivity contribution in [3.05, 3.63) is 39.7 Å². The molecule has 0 aliphatic carbocycles. The van der Waals surface area contributed by atoms with Gasteiger partial charge in [-0.05, 0) is 18.4 Å². The molecule has 164 valence electrons. The van der Waals surface area contributed by atoms with Gasteiger partial charge in [0.2, 0.25) is 0 Å². The molecule has 31 heavy (non-hydrogen) atoms. The van der Waals surface area contributed by atoms with Gasteiger partial charge in [0.15, 0.2) is 10.9 Å². The quantitative estimate of drug-likeness (QED) is 0.630. The number of fused-ring (bicyclic) bond motifs is 1. The monoisotopic (exact) mass is 444 g/mol. The van der Waals surface area contributed by atoms with Crippen LogP contribution in [0.15, 0.2) is 22.2 Å². The van der Waals surface area contributed by atoms with Crippen molar-refractivity contribution in [2.45, 2.75) is 50.7 Å². The van der Waals surface area contributed by atoms with Crippen LogP contribution in [0.2, 0.25) is 0 Å². The first-order valence-electron chi connectivity index (χ1n) is 10.0. The van der Waals surface area contributed by atoms with Crippen LogP contribution in [-0.2, 0) is 21.5 Å². The second kappa shape index (κ2) is 9.28. The second-order valence-corrected chi connectivity index (χ2v) is 9.62. The number of ether oxygens (including phenoxy) is 1. The Morgan fingerprint density at radius 3 is 2.81 bits per heavy atom. The van der Waals surface area contributed by atoms with Gasteiger partial charge in [-0.1, -0.05) is 32.5 Å². The Morgan fingerprint density at radius 2 is 2.19 bits per heavy atom. The molecule has 7 nitrogen and oxygen atoms in total. The molecular weight excluding hydrogens is 419 g/mol. The average Bonchev–Trinajstić information content (AvgIpc) is 2.71. The molecule has 0 amide bonds. The van der Waals surface area contributed by atoms with E-state index in [0.717, 1.165) is 0 Å². The van der Waals surface area contributed by atoms with E-state index in [1.807, 2.05) is 26.8 Å². The first-order valence-corrected chi connectivity index (χ1v) is 11.0. The zero-order chi connectivity index (χ0) is 22.8. The molecule has 1 unspecified atom stereocenters. The largest absolute Gasteiger partial charge is 0.377 e. The molecular formula is C22H25FN4O3S. The second-order valence-electron chi connectivity index (χ2n) is 8.64. The highest BCUT2D eigenvalue weighted by atomic mass is 32.2. The minimum absolute atomic E-state index is 0.0186. The van der Waals surface area contributed by atoms with E-state index in [2.05, 4.69) is 9.97 Å². The Labute approximate surface area is 184 Å². The van der Waals surface area contributed by atoms with E-state index in [4.69, 9.17) is 4.74 Å². The number of hydrogen-bond acceptors (Lipinski definition) is 7. The molecule has 2 aromatic heterocycles. The van der Waals surface area contributed by atoms with Gasteiger partial charge in [-0.2, -0.15) is 5.26 Å². The standard InChI is InChI=1S/C22H25FN4O3S/c1-22(2,3)19-17(23)7-14(9-25-19)18-16(8-24)20(29)27-10-13(12-31-21(27)26-18)5-6-15(28)11-30-4/h7,9,13H,5-6,10-12H2,1-4H3. The SMILES string of the molecule is COCC(=O)CCC1CSc2nc(-c3cnc(C(C)(C)C)c(F)c3)c(C#N)c(=O)n2C1. The summed E-state index contributed by atoms with van der Waals surface area (Å²) in [5.41, 5.74) is -0.306. The summed E-state index contributed by atoms with van der Waals surface area (Å²) in [6.45, 7) is 6.05. The predicted octanol–water partition coefficient (Wildman–Crippen LogP) is 3.33. The Kier molecular flexibility index (Phi) is 6.92. The number of ketones is 1. The molecule has 3 heterocycles. The van der Waals surface area contributed by atoms with Gasteiger partial charge in [0, 0.05) is 43.0 Å². The molecule has 0 fully saturated rings. The number of hydrogen-bond donors (Lipinski definition) is 0. The van der Waals surface area contributed by atoms with Gasteiger partial charge in [-0.15, -0.1) is 0 Å². The summed E-state index contributed by atoms with van der Waals surface area (Å²) < 4.78 is 21.0. The molecule has 0 N–H and O–H groups in total. The van der Waals surface area contributed by atoms with E-state index < -0.39 is 16.8 Å². The first-order chi connectivity index (χ1) is 14.7. The summed E-state index contributed by atoms with van der Waals surface area (Å²) >= 11 is 1.40. The number of pyridine rings is 1. The lowest BCUT2D eigenvalue weighted by atomic mass is 9.90. The van der Waals surface area contributed by atoms with Crippen LogP contribution in [0.3, 0.4) is 0 Å². The number of methoxy groups -OCH3 is 1. The molecule has 2 aromatic rings. The van der Waals surface area contributed by atoms with Crippen LogP contribution in [0.5, 0.6) is 0 Å². The predicted molar refractivity (Wildman–Crippen MR) is 115 cm³/mol.